The minimum atomic E-state index is -4.82. The van der Waals surface area contributed by atoms with Crippen molar-refractivity contribution in [2.45, 2.75) is 13.1 Å². The van der Waals surface area contributed by atoms with Crippen molar-refractivity contribution in [3.05, 3.63) is 43.6 Å². The monoisotopic (exact) mass is 288 g/mol. The molecule has 0 fully saturated rings. The van der Waals surface area contributed by atoms with Crippen LogP contribution in [0.3, 0.4) is 0 Å². The summed E-state index contributed by atoms with van der Waals surface area (Å²) in [6.45, 7) is 1.26. The zero-order chi connectivity index (χ0) is 15.2. The second-order valence-corrected chi connectivity index (χ2v) is 4.05. The van der Waals surface area contributed by atoms with Crippen molar-refractivity contribution in [2.24, 2.45) is 0 Å². The first kappa shape index (κ1) is 13.8. The van der Waals surface area contributed by atoms with Crippen LogP contribution >= 0.6 is 0 Å². The highest BCUT2D eigenvalue weighted by Crippen LogP contribution is 2.36. The third kappa shape index (κ3) is 2.06. The van der Waals surface area contributed by atoms with E-state index in [4.69, 9.17) is 10.2 Å². The van der Waals surface area contributed by atoms with Crippen molar-refractivity contribution in [1.82, 2.24) is 0 Å². The summed E-state index contributed by atoms with van der Waals surface area (Å²) in [7, 11) is 0. The molecule has 0 aliphatic heterocycles. The first-order valence-electron chi connectivity index (χ1n) is 5.21. The standard InChI is InChI=1S/C11H7F3N2O4/c1-4-8(17)6-2-5(11(12,13)14)3-7(16(18)19)9(6)20-10(4)15/h2-3H,15H2,1H3. The Morgan fingerprint density at radius 1 is 1.35 bits per heavy atom. The van der Waals surface area contributed by atoms with Gasteiger partial charge in [-0.15, -0.1) is 0 Å². The lowest BCUT2D eigenvalue weighted by Crippen LogP contribution is -2.12. The molecule has 0 unspecified atom stereocenters. The molecule has 0 aliphatic rings. The van der Waals surface area contributed by atoms with Crippen LogP contribution in [0.4, 0.5) is 24.7 Å². The Labute approximate surface area is 108 Å². The van der Waals surface area contributed by atoms with Crippen molar-refractivity contribution in [1.29, 1.82) is 0 Å². The fraction of sp³-hybridized carbons (Fsp3) is 0.182. The largest absolute Gasteiger partial charge is 0.433 e. The van der Waals surface area contributed by atoms with Gasteiger partial charge in [0.25, 0.3) is 0 Å². The molecule has 106 valence electrons. The lowest BCUT2D eigenvalue weighted by molar-refractivity contribution is -0.383. The van der Waals surface area contributed by atoms with Crippen molar-refractivity contribution in [3.63, 3.8) is 0 Å². The molecule has 0 radical (unpaired) electrons. The van der Waals surface area contributed by atoms with Crippen LogP contribution in [0.15, 0.2) is 21.3 Å². The van der Waals surface area contributed by atoms with Gasteiger partial charge in [-0.2, -0.15) is 13.2 Å². The molecule has 0 atom stereocenters. The number of nitrogen functional groups attached to an aromatic ring is 1. The Kier molecular flexibility index (Phi) is 2.92. The van der Waals surface area contributed by atoms with Crippen LogP contribution in [0.2, 0.25) is 0 Å². The van der Waals surface area contributed by atoms with Crippen molar-refractivity contribution < 1.29 is 22.5 Å². The average Bonchev–Trinajstić information content (AvgIpc) is 2.33. The minimum absolute atomic E-state index is 0.105. The fourth-order valence-electron chi connectivity index (χ4n) is 1.69. The highest BCUT2D eigenvalue weighted by Gasteiger charge is 2.34. The van der Waals surface area contributed by atoms with Crippen LogP contribution in [0.5, 0.6) is 0 Å². The molecule has 0 bridgehead atoms. The van der Waals surface area contributed by atoms with Gasteiger partial charge in [-0.3, -0.25) is 14.9 Å². The maximum absolute atomic E-state index is 12.7. The zero-order valence-corrected chi connectivity index (χ0v) is 9.95. The number of alkyl halides is 3. The summed E-state index contributed by atoms with van der Waals surface area (Å²) in [6.07, 6.45) is -4.82. The number of nitro benzene ring substituents is 1. The van der Waals surface area contributed by atoms with Gasteiger partial charge in [-0.1, -0.05) is 0 Å². The van der Waals surface area contributed by atoms with Crippen LogP contribution in [0.25, 0.3) is 11.0 Å². The molecule has 6 nitrogen and oxygen atoms in total. The maximum atomic E-state index is 12.7. The molecule has 1 aromatic heterocycles. The molecule has 0 saturated heterocycles. The molecule has 0 spiro atoms. The first-order chi connectivity index (χ1) is 9.12. The quantitative estimate of drug-likeness (QED) is 0.642. The molecule has 2 N–H and O–H groups in total. The smallest absolute Gasteiger partial charge is 0.416 e. The summed E-state index contributed by atoms with van der Waals surface area (Å²) in [5.74, 6) is -0.370. The SMILES string of the molecule is Cc1c(N)oc2c([N+](=O)[O-])cc(C(F)(F)F)cc2c1=O. The molecule has 9 heteroatoms. The zero-order valence-electron chi connectivity index (χ0n) is 9.95. The Hall–Kier alpha value is -2.58. The van der Waals surface area contributed by atoms with Crippen molar-refractivity contribution >= 4 is 22.5 Å². The Bertz CT molecular complexity index is 780. The van der Waals surface area contributed by atoms with Gasteiger partial charge in [0.1, 0.15) is 0 Å². The van der Waals surface area contributed by atoms with Gasteiger partial charge in [0.2, 0.25) is 5.58 Å². The van der Waals surface area contributed by atoms with Gasteiger partial charge >= 0.3 is 11.9 Å². The van der Waals surface area contributed by atoms with E-state index >= 15 is 0 Å². The van der Waals surface area contributed by atoms with Gasteiger partial charge in [-0.05, 0) is 13.0 Å². The second-order valence-electron chi connectivity index (χ2n) is 4.05. The molecule has 0 aliphatic carbocycles. The van der Waals surface area contributed by atoms with E-state index in [9.17, 15) is 28.1 Å². The number of halogens is 3. The summed E-state index contributed by atoms with van der Waals surface area (Å²) in [5, 5.41) is 10.3. The number of anilines is 1. The van der Waals surface area contributed by atoms with Gasteiger partial charge in [0.15, 0.2) is 11.3 Å². The normalized spacial score (nSPS) is 11.8. The predicted octanol–water partition coefficient (Wildman–Crippen LogP) is 2.61. The number of rotatable bonds is 1. The lowest BCUT2D eigenvalue weighted by Gasteiger charge is -2.08. The molecule has 2 aromatic rings. The number of non-ortho nitro benzene ring substituents is 1. The van der Waals surface area contributed by atoms with Crippen LogP contribution in [-0.2, 0) is 6.18 Å². The Morgan fingerprint density at radius 3 is 2.45 bits per heavy atom. The second kappa shape index (κ2) is 4.22. The molecule has 0 saturated carbocycles. The lowest BCUT2D eigenvalue weighted by atomic mass is 10.1. The summed E-state index contributed by atoms with van der Waals surface area (Å²) in [4.78, 5) is 21.6. The highest BCUT2D eigenvalue weighted by atomic mass is 19.4. The number of hydrogen-bond acceptors (Lipinski definition) is 5. The van der Waals surface area contributed by atoms with E-state index in [1.807, 2.05) is 0 Å². The van der Waals surface area contributed by atoms with E-state index in [0.717, 1.165) is 0 Å². The van der Waals surface area contributed by atoms with Gasteiger partial charge in [-0.25, -0.2) is 0 Å². The van der Waals surface area contributed by atoms with Gasteiger partial charge in [0, 0.05) is 6.07 Å². The number of nitrogens with two attached hydrogens (primary N) is 1. The molecule has 20 heavy (non-hydrogen) atoms. The average molecular weight is 288 g/mol. The van der Waals surface area contributed by atoms with Crippen LogP contribution in [-0.4, -0.2) is 4.92 Å². The summed E-state index contributed by atoms with van der Waals surface area (Å²) in [6, 6.07) is 0.820. The summed E-state index contributed by atoms with van der Waals surface area (Å²) in [5.41, 5.74) is 1.60. The van der Waals surface area contributed by atoms with Gasteiger partial charge in [0.05, 0.1) is 21.4 Å². The van der Waals surface area contributed by atoms with Crippen molar-refractivity contribution in [2.75, 3.05) is 5.73 Å². The molecule has 1 heterocycles. The topological polar surface area (TPSA) is 99.4 Å². The van der Waals surface area contributed by atoms with Crippen LogP contribution < -0.4 is 11.2 Å². The van der Waals surface area contributed by atoms with Gasteiger partial charge < -0.3 is 10.2 Å². The van der Waals surface area contributed by atoms with Crippen molar-refractivity contribution in [3.8, 4) is 0 Å². The number of fused-ring (bicyclic) bond motifs is 1. The number of nitrogens with zero attached hydrogens (tertiary/aromatic N) is 1. The molecule has 2 rings (SSSR count). The number of hydrogen-bond donors (Lipinski definition) is 1. The van der Waals surface area contributed by atoms with E-state index in [1.54, 1.807) is 0 Å². The third-order valence-electron chi connectivity index (χ3n) is 2.76. The minimum Gasteiger partial charge on any atom is -0.433 e. The number of benzene rings is 1. The molecular formula is C11H7F3N2O4. The fourth-order valence-corrected chi connectivity index (χ4v) is 1.69. The van der Waals surface area contributed by atoms with E-state index in [1.165, 1.54) is 6.92 Å². The first-order valence-corrected chi connectivity index (χ1v) is 5.21. The molecular weight excluding hydrogens is 281 g/mol. The van der Waals surface area contributed by atoms with Crippen LogP contribution in [0.1, 0.15) is 11.1 Å². The highest BCUT2D eigenvalue weighted by molar-refractivity contribution is 5.87. The Balaban J connectivity index is 3.02. The maximum Gasteiger partial charge on any atom is 0.416 e. The van der Waals surface area contributed by atoms with Crippen LogP contribution in [0, 0.1) is 17.0 Å². The summed E-state index contributed by atoms with van der Waals surface area (Å²) < 4.78 is 43.0. The van der Waals surface area contributed by atoms with E-state index in [-0.39, 0.29) is 11.4 Å². The predicted molar refractivity (Wildman–Crippen MR) is 63.3 cm³/mol. The Morgan fingerprint density at radius 2 is 1.95 bits per heavy atom. The third-order valence-corrected chi connectivity index (χ3v) is 2.76. The van der Waals surface area contributed by atoms with E-state index in [0.29, 0.717) is 12.1 Å². The molecule has 0 amide bonds. The van der Waals surface area contributed by atoms with E-state index in [2.05, 4.69) is 0 Å². The van der Waals surface area contributed by atoms with E-state index < -0.39 is 38.7 Å². The molecule has 1 aromatic carbocycles. The summed E-state index contributed by atoms with van der Waals surface area (Å²) >= 11 is 0. The number of nitro groups is 1.